The molecule has 0 fully saturated rings. The largest absolute Gasteiger partial charge is 0.480 e. The highest BCUT2D eigenvalue weighted by atomic mass is 16.4. The van der Waals surface area contributed by atoms with E-state index in [1.54, 1.807) is 6.20 Å². The van der Waals surface area contributed by atoms with Crippen LogP contribution in [0.5, 0.6) is 0 Å². The van der Waals surface area contributed by atoms with Crippen molar-refractivity contribution in [2.45, 2.75) is 57.7 Å². The van der Waals surface area contributed by atoms with Gasteiger partial charge in [0.15, 0.2) is 0 Å². The summed E-state index contributed by atoms with van der Waals surface area (Å²) in [5.41, 5.74) is 12.3. The van der Waals surface area contributed by atoms with Crippen LogP contribution in [0.25, 0.3) is 10.9 Å². The van der Waals surface area contributed by atoms with Gasteiger partial charge < -0.3 is 32.0 Å². The first kappa shape index (κ1) is 24.1. The molecule has 0 radical (unpaired) electrons. The topological polar surface area (TPSA) is 172 Å². The van der Waals surface area contributed by atoms with E-state index in [4.69, 9.17) is 16.6 Å². The first-order valence-electron chi connectivity index (χ1n) is 9.23. The Balaban J connectivity index is 0.000000749. The number of aromatic amines is 1. The van der Waals surface area contributed by atoms with Gasteiger partial charge in [-0.05, 0) is 38.8 Å². The highest BCUT2D eigenvalue weighted by molar-refractivity contribution is 5.87. The van der Waals surface area contributed by atoms with Crippen LogP contribution in [0.1, 0.15) is 39.2 Å². The van der Waals surface area contributed by atoms with Crippen molar-refractivity contribution in [1.82, 2.24) is 10.3 Å². The molecule has 160 valence electrons. The number of benzene rings is 1. The third-order valence-corrected chi connectivity index (χ3v) is 3.73. The van der Waals surface area contributed by atoms with Crippen molar-refractivity contribution in [3.63, 3.8) is 0 Å². The lowest BCUT2D eigenvalue weighted by molar-refractivity contribution is -0.142. The number of carboxylic acid groups (broad SMARTS) is 2. The molecule has 0 bridgehead atoms. The molecule has 0 unspecified atom stereocenters. The van der Waals surface area contributed by atoms with Gasteiger partial charge in [0.05, 0.1) is 0 Å². The summed E-state index contributed by atoms with van der Waals surface area (Å²) in [5, 5.41) is 21.3. The number of aromatic nitrogens is 1. The zero-order valence-electron chi connectivity index (χ0n) is 16.9. The fourth-order valence-corrected chi connectivity index (χ4v) is 2.40. The van der Waals surface area contributed by atoms with Gasteiger partial charge in [0.1, 0.15) is 12.1 Å². The van der Waals surface area contributed by atoms with Crippen LogP contribution >= 0.6 is 0 Å². The second-order valence-corrected chi connectivity index (χ2v) is 7.87. The molecule has 1 aromatic carbocycles. The van der Waals surface area contributed by atoms with Crippen molar-refractivity contribution in [3.8, 4) is 0 Å². The van der Waals surface area contributed by atoms with Crippen LogP contribution in [0, 0.1) is 0 Å². The minimum absolute atomic E-state index is 0. The van der Waals surface area contributed by atoms with E-state index in [0.29, 0.717) is 0 Å². The average Bonchev–Trinajstić information content (AvgIpc) is 3.00. The second-order valence-electron chi connectivity index (χ2n) is 7.87. The van der Waals surface area contributed by atoms with Crippen molar-refractivity contribution >= 4 is 28.7 Å². The van der Waals surface area contributed by atoms with E-state index >= 15 is 0 Å². The fraction of sp³-hybridized carbons (Fsp3) is 0.450. The van der Waals surface area contributed by atoms with E-state index in [2.05, 4.69) is 10.3 Å². The van der Waals surface area contributed by atoms with Gasteiger partial charge in [-0.2, -0.15) is 0 Å². The molecule has 0 aliphatic carbocycles. The van der Waals surface area contributed by atoms with E-state index < -0.39 is 29.9 Å². The van der Waals surface area contributed by atoms with E-state index in [9.17, 15) is 19.5 Å². The number of nitrogens with two attached hydrogens (primary N) is 2. The third kappa shape index (κ3) is 9.22. The number of hydrogen-bond donors (Lipinski definition) is 6. The van der Waals surface area contributed by atoms with Gasteiger partial charge in [-0.15, -0.1) is 0 Å². The summed E-state index contributed by atoms with van der Waals surface area (Å²) in [4.78, 5) is 36.9. The SMILES string of the molecule is CC(C)(C)N.N[C@H](CCC(=O)N[C@H](Cc1c[nH]c2ccccc12)C(=O)O)C(=O)O. The maximum atomic E-state index is 11.8. The van der Waals surface area contributed by atoms with Crippen LogP contribution < -0.4 is 16.8 Å². The van der Waals surface area contributed by atoms with Crippen LogP contribution in [0.15, 0.2) is 30.5 Å². The van der Waals surface area contributed by atoms with E-state index in [-0.39, 0.29) is 24.8 Å². The molecule has 0 spiro atoms. The van der Waals surface area contributed by atoms with Crippen molar-refractivity contribution in [2.24, 2.45) is 11.5 Å². The van der Waals surface area contributed by atoms with E-state index in [1.165, 1.54) is 0 Å². The molecule has 9 heteroatoms. The van der Waals surface area contributed by atoms with Crippen molar-refractivity contribution in [3.05, 3.63) is 36.0 Å². The molecule has 1 aromatic heterocycles. The number of carboxylic acids is 2. The predicted octanol–water partition coefficient (Wildman–Crippen LogP) is 1.22. The molecule has 2 aromatic rings. The summed E-state index contributed by atoms with van der Waals surface area (Å²) in [7, 11) is 0. The van der Waals surface area contributed by atoms with Crippen LogP contribution in [-0.4, -0.2) is 50.7 Å². The second kappa shape index (κ2) is 10.6. The summed E-state index contributed by atoms with van der Waals surface area (Å²) >= 11 is 0. The Morgan fingerprint density at radius 3 is 2.28 bits per heavy atom. The van der Waals surface area contributed by atoms with Crippen LogP contribution in [0.2, 0.25) is 0 Å². The first-order valence-corrected chi connectivity index (χ1v) is 9.23. The van der Waals surface area contributed by atoms with Gasteiger partial charge in [0.25, 0.3) is 0 Å². The Morgan fingerprint density at radius 1 is 1.14 bits per heavy atom. The Kier molecular flexibility index (Phi) is 8.81. The average molecular weight is 406 g/mol. The lowest BCUT2D eigenvalue weighted by atomic mass is 10.0. The molecule has 2 atom stereocenters. The summed E-state index contributed by atoms with van der Waals surface area (Å²) in [6, 6.07) is 5.21. The number of fused-ring (bicyclic) bond motifs is 1. The van der Waals surface area contributed by atoms with Crippen molar-refractivity contribution in [1.29, 1.82) is 0 Å². The summed E-state index contributed by atoms with van der Waals surface area (Å²) in [6.07, 6.45) is 1.63. The van der Waals surface area contributed by atoms with Gasteiger partial charge in [-0.3, -0.25) is 9.59 Å². The van der Waals surface area contributed by atoms with Gasteiger partial charge in [-0.1, -0.05) is 18.2 Å². The monoisotopic (exact) mass is 406 g/mol. The zero-order valence-corrected chi connectivity index (χ0v) is 16.9. The number of nitrogens with one attached hydrogen (secondary N) is 2. The van der Waals surface area contributed by atoms with Crippen LogP contribution in [0.4, 0.5) is 0 Å². The number of H-pyrrole nitrogens is 1. The highest BCUT2D eigenvalue weighted by Gasteiger charge is 2.22. The van der Waals surface area contributed by atoms with Gasteiger partial charge in [0.2, 0.25) is 5.91 Å². The molecule has 0 saturated carbocycles. The molecule has 0 saturated heterocycles. The number of rotatable bonds is 8. The Morgan fingerprint density at radius 2 is 1.72 bits per heavy atom. The quantitative estimate of drug-likeness (QED) is 0.382. The number of carbonyl (C=O) groups is 3. The molecular formula is C20H30N4O5. The Bertz CT molecular complexity index is 835. The third-order valence-electron chi connectivity index (χ3n) is 3.73. The minimum atomic E-state index is -1.20. The maximum absolute atomic E-state index is 11.8. The van der Waals surface area contributed by atoms with Gasteiger partial charge in [0, 0.05) is 35.5 Å². The number of amides is 1. The molecule has 1 amide bonds. The standard InChI is InChI=1S/C16H19N3O5.C4H11N/c17-11(15(21)22)5-6-14(20)19-13(16(23)24)7-9-8-18-12-4-2-1-3-10(9)12;1-4(2,3)5/h1-4,8,11,13,18H,5-7,17H2,(H,19,20)(H,21,22)(H,23,24);5H2,1-3H3/t11-,13-;/m1./s1. The van der Waals surface area contributed by atoms with Gasteiger partial charge in [-0.25, -0.2) is 4.79 Å². The predicted molar refractivity (Wildman–Crippen MR) is 110 cm³/mol. The fourth-order valence-electron chi connectivity index (χ4n) is 2.40. The number of aliphatic carboxylic acids is 2. The molecular weight excluding hydrogens is 376 g/mol. The maximum Gasteiger partial charge on any atom is 0.326 e. The molecule has 0 aliphatic rings. The number of hydrogen-bond acceptors (Lipinski definition) is 5. The number of carbonyl (C=O) groups excluding carboxylic acids is 1. The zero-order chi connectivity index (χ0) is 22.2. The lowest BCUT2D eigenvalue weighted by Crippen LogP contribution is -2.43. The molecule has 29 heavy (non-hydrogen) atoms. The molecule has 9 nitrogen and oxygen atoms in total. The van der Waals surface area contributed by atoms with Gasteiger partial charge >= 0.3 is 11.9 Å². The molecule has 1 heterocycles. The van der Waals surface area contributed by atoms with E-state index in [0.717, 1.165) is 16.5 Å². The molecule has 0 aliphatic heterocycles. The number of para-hydroxylation sites is 1. The Hall–Kier alpha value is -2.91. The first-order chi connectivity index (χ1) is 13.4. The normalized spacial score (nSPS) is 13.1. The van der Waals surface area contributed by atoms with Crippen molar-refractivity contribution in [2.75, 3.05) is 0 Å². The van der Waals surface area contributed by atoms with Crippen molar-refractivity contribution < 1.29 is 24.6 Å². The molecule has 8 N–H and O–H groups in total. The lowest BCUT2D eigenvalue weighted by Gasteiger charge is -2.15. The van der Waals surface area contributed by atoms with E-state index in [1.807, 2.05) is 45.0 Å². The molecule has 2 rings (SSSR count). The van der Waals surface area contributed by atoms with Crippen LogP contribution in [0.3, 0.4) is 0 Å². The van der Waals surface area contributed by atoms with Crippen LogP contribution in [-0.2, 0) is 20.8 Å². The summed E-state index contributed by atoms with van der Waals surface area (Å²) < 4.78 is 0. The summed E-state index contributed by atoms with van der Waals surface area (Å²) in [6.45, 7) is 5.90. The summed E-state index contributed by atoms with van der Waals surface area (Å²) in [5.74, 6) is -2.90. The Labute approximate surface area is 169 Å². The smallest absolute Gasteiger partial charge is 0.326 e. The minimum Gasteiger partial charge on any atom is -0.480 e. The highest BCUT2D eigenvalue weighted by Crippen LogP contribution is 2.19.